The summed E-state index contributed by atoms with van der Waals surface area (Å²) >= 11 is 0. The predicted molar refractivity (Wildman–Crippen MR) is 179 cm³/mol. The number of hydrogen-bond acceptors (Lipinski definition) is 6. The summed E-state index contributed by atoms with van der Waals surface area (Å²) in [6.07, 6.45) is 29.5. The Morgan fingerprint density at radius 2 is 1.12 bits per heavy atom. The first kappa shape index (κ1) is 39.9. The molecule has 6 heteroatoms. The molecular formula is C37H71NO5. The number of rotatable bonds is 30. The van der Waals surface area contributed by atoms with Crippen molar-refractivity contribution in [1.82, 2.24) is 4.90 Å². The summed E-state index contributed by atoms with van der Waals surface area (Å²) in [6.45, 7) is 7.96. The minimum atomic E-state index is -0.0380. The third-order valence-electron chi connectivity index (χ3n) is 9.20. The van der Waals surface area contributed by atoms with Crippen LogP contribution in [0.5, 0.6) is 0 Å². The number of hydrogen-bond donors (Lipinski definition) is 1. The highest BCUT2D eigenvalue weighted by atomic mass is 16.5. The topological polar surface area (TPSA) is 76.1 Å². The van der Waals surface area contributed by atoms with E-state index < -0.39 is 0 Å². The highest BCUT2D eigenvalue weighted by Crippen LogP contribution is 2.30. The van der Waals surface area contributed by atoms with Crippen LogP contribution in [-0.4, -0.2) is 60.9 Å². The monoisotopic (exact) mass is 610 g/mol. The Morgan fingerprint density at radius 3 is 1.74 bits per heavy atom. The highest BCUT2D eigenvalue weighted by molar-refractivity contribution is 5.69. The maximum absolute atomic E-state index is 12.3. The van der Waals surface area contributed by atoms with Crippen molar-refractivity contribution in [1.29, 1.82) is 0 Å². The molecule has 0 aromatic heterocycles. The summed E-state index contributed by atoms with van der Waals surface area (Å²) in [4.78, 5) is 26.6. The molecule has 1 aliphatic carbocycles. The van der Waals surface area contributed by atoms with Crippen molar-refractivity contribution in [2.75, 3.05) is 32.8 Å². The lowest BCUT2D eigenvalue weighted by Crippen LogP contribution is -2.29. The van der Waals surface area contributed by atoms with E-state index in [1.165, 1.54) is 83.5 Å². The molecule has 0 saturated heterocycles. The van der Waals surface area contributed by atoms with Crippen molar-refractivity contribution in [2.45, 2.75) is 187 Å². The molecule has 0 aliphatic heterocycles. The number of esters is 2. The van der Waals surface area contributed by atoms with E-state index in [0.717, 1.165) is 89.6 Å². The van der Waals surface area contributed by atoms with Gasteiger partial charge in [0.25, 0.3) is 0 Å². The summed E-state index contributed by atoms with van der Waals surface area (Å²) in [5.41, 5.74) is 0. The van der Waals surface area contributed by atoms with Crippen LogP contribution in [0.25, 0.3) is 0 Å². The fourth-order valence-electron chi connectivity index (χ4n) is 6.35. The van der Waals surface area contributed by atoms with Gasteiger partial charge in [-0.1, -0.05) is 110 Å². The second-order valence-electron chi connectivity index (χ2n) is 13.2. The Labute approximate surface area is 266 Å². The molecule has 6 nitrogen and oxygen atoms in total. The van der Waals surface area contributed by atoms with Gasteiger partial charge in [0.1, 0.15) is 6.10 Å². The molecule has 0 spiro atoms. The number of aliphatic hydroxyl groups is 1. The van der Waals surface area contributed by atoms with E-state index in [1.54, 1.807) is 0 Å². The first-order valence-electron chi connectivity index (χ1n) is 18.8. The molecule has 43 heavy (non-hydrogen) atoms. The van der Waals surface area contributed by atoms with E-state index in [4.69, 9.17) is 9.47 Å². The number of ether oxygens (including phenoxy) is 2. The van der Waals surface area contributed by atoms with E-state index in [-0.39, 0.29) is 24.6 Å². The van der Waals surface area contributed by atoms with Gasteiger partial charge in [0.2, 0.25) is 0 Å². The molecule has 0 amide bonds. The Balaban J connectivity index is 1.96. The molecule has 254 valence electrons. The van der Waals surface area contributed by atoms with Crippen molar-refractivity contribution in [3.05, 3.63) is 0 Å². The van der Waals surface area contributed by atoms with Crippen LogP contribution < -0.4 is 0 Å². The number of unbranched alkanes of at least 4 members (excludes halogenated alkanes) is 15. The highest BCUT2D eigenvalue weighted by Gasteiger charge is 2.23. The summed E-state index contributed by atoms with van der Waals surface area (Å²) in [5.74, 6) is 0.790. The Morgan fingerprint density at radius 1 is 0.605 bits per heavy atom. The normalized spacial score (nSPS) is 16.9. The van der Waals surface area contributed by atoms with E-state index in [2.05, 4.69) is 18.7 Å². The van der Waals surface area contributed by atoms with Gasteiger partial charge in [-0.3, -0.25) is 9.59 Å². The molecule has 1 aliphatic rings. The molecule has 1 rings (SSSR count). The van der Waals surface area contributed by atoms with Gasteiger partial charge in [0, 0.05) is 19.4 Å². The first-order valence-corrected chi connectivity index (χ1v) is 18.8. The van der Waals surface area contributed by atoms with Crippen LogP contribution >= 0.6 is 0 Å². The van der Waals surface area contributed by atoms with Crippen LogP contribution in [0.15, 0.2) is 0 Å². The standard InChI is InChI=1S/C37H71NO5/c1-3-5-7-9-10-14-21-33-42-36(40)23-17-12-11-13-19-29-38(31-32-39)30-20-15-18-24-37(41)43-35-27-25-34(26-28-35)22-16-8-6-4-2/h34-35,39H,3-33H2,1-2H3. The molecule has 0 atom stereocenters. The SMILES string of the molecule is CCCCCCCCCOC(=O)CCCCCCCN(CCO)CCCCCC(=O)OC1CCC(CCCCCC)CC1. The van der Waals surface area contributed by atoms with Gasteiger partial charge in [-0.2, -0.15) is 0 Å². The van der Waals surface area contributed by atoms with Gasteiger partial charge >= 0.3 is 11.9 Å². The maximum Gasteiger partial charge on any atom is 0.306 e. The van der Waals surface area contributed by atoms with Crippen LogP contribution in [0.3, 0.4) is 0 Å². The molecule has 1 N–H and O–H groups in total. The first-order chi connectivity index (χ1) is 21.1. The van der Waals surface area contributed by atoms with Gasteiger partial charge in [-0.25, -0.2) is 0 Å². The lowest BCUT2D eigenvalue weighted by atomic mass is 9.84. The third-order valence-corrected chi connectivity index (χ3v) is 9.20. The number of carbonyl (C=O) groups excluding carboxylic acids is 2. The minimum absolute atomic E-state index is 0.0139. The number of aliphatic hydroxyl groups excluding tert-OH is 1. The zero-order valence-electron chi connectivity index (χ0n) is 28.6. The van der Waals surface area contributed by atoms with Crippen LogP contribution in [0, 0.1) is 5.92 Å². The Hall–Kier alpha value is -1.14. The quantitative estimate of drug-likeness (QED) is 0.0645. The van der Waals surface area contributed by atoms with Gasteiger partial charge < -0.3 is 19.5 Å². The Kier molecular flexibility index (Phi) is 27.4. The van der Waals surface area contributed by atoms with Gasteiger partial charge in [0.05, 0.1) is 13.2 Å². The zero-order chi connectivity index (χ0) is 31.2. The maximum atomic E-state index is 12.3. The van der Waals surface area contributed by atoms with E-state index in [0.29, 0.717) is 26.0 Å². The summed E-state index contributed by atoms with van der Waals surface area (Å²) in [6, 6.07) is 0. The third kappa shape index (κ3) is 24.8. The van der Waals surface area contributed by atoms with Crippen LogP contribution in [0.4, 0.5) is 0 Å². The summed E-state index contributed by atoms with van der Waals surface area (Å²) < 4.78 is 11.2. The lowest BCUT2D eigenvalue weighted by molar-refractivity contribution is -0.151. The predicted octanol–water partition coefficient (Wildman–Crippen LogP) is 9.55. The van der Waals surface area contributed by atoms with E-state index in [1.807, 2.05) is 0 Å². The van der Waals surface area contributed by atoms with Crippen molar-refractivity contribution >= 4 is 11.9 Å². The fraction of sp³-hybridized carbons (Fsp3) is 0.946. The van der Waals surface area contributed by atoms with Crippen LogP contribution in [0.1, 0.15) is 181 Å². The van der Waals surface area contributed by atoms with E-state index >= 15 is 0 Å². The molecule has 0 radical (unpaired) electrons. The van der Waals surface area contributed by atoms with Crippen molar-refractivity contribution < 1.29 is 24.2 Å². The summed E-state index contributed by atoms with van der Waals surface area (Å²) in [5, 5.41) is 9.46. The Bertz CT molecular complexity index is 634. The van der Waals surface area contributed by atoms with Crippen molar-refractivity contribution in [3.63, 3.8) is 0 Å². The smallest absolute Gasteiger partial charge is 0.306 e. The molecule has 1 saturated carbocycles. The zero-order valence-corrected chi connectivity index (χ0v) is 28.6. The van der Waals surface area contributed by atoms with Gasteiger partial charge in [-0.15, -0.1) is 0 Å². The lowest BCUT2D eigenvalue weighted by Gasteiger charge is -2.28. The molecular weight excluding hydrogens is 538 g/mol. The largest absolute Gasteiger partial charge is 0.466 e. The second kappa shape index (κ2) is 29.6. The fourth-order valence-corrected chi connectivity index (χ4v) is 6.35. The second-order valence-corrected chi connectivity index (χ2v) is 13.2. The van der Waals surface area contributed by atoms with Crippen molar-refractivity contribution in [2.24, 2.45) is 5.92 Å². The van der Waals surface area contributed by atoms with Gasteiger partial charge in [0.15, 0.2) is 0 Å². The number of nitrogens with zero attached hydrogens (tertiary/aromatic N) is 1. The summed E-state index contributed by atoms with van der Waals surface area (Å²) in [7, 11) is 0. The molecule has 1 fully saturated rings. The molecule has 0 unspecified atom stereocenters. The van der Waals surface area contributed by atoms with Gasteiger partial charge in [-0.05, 0) is 76.8 Å². The van der Waals surface area contributed by atoms with Crippen LogP contribution in [-0.2, 0) is 19.1 Å². The molecule has 0 aromatic rings. The molecule has 0 heterocycles. The minimum Gasteiger partial charge on any atom is -0.466 e. The average Bonchev–Trinajstić information content (AvgIpc) is 3.00. The average molecular weight is 610 g/mol. The molecule has 0 aromatic carbocycles. The van der Waals surface area contributed by atoms with Crippen molar-refractivity contribution in [3.8, 4) is 0 Å². The van der Waals surface area contributed by atoms with Crippen LogP contribution in [0.2, 0.25) is 0 Å². The number of carbonyl (C=O) groups is 2. The van der Waals surface area contributed by atoms with E-state index in [9.17, 15) is 14.7 Å². The molecule has 0 bridgehead atoms.